The Morgan fingerprint density at radius 2 is 2.05 bits per heavy atom. The van der Waals surface area contributed by atoms with Gasteiger partial charge in [-0.25, -0.2) is 14.8 Å². The molecule has 0 radical (unpaired) electrons. The molecule has 1 saturated heterocycles. The minimum Gasteiger partial charge on any atom is -0.478 e. The first-order valence-corrected chi connectivity index (χ1v) is 5.84. The second-order valence-corrected chi connectivity index (χ2v) is 4.58. The van der Waals surface area contributed by atoms with Gasteiger partial charge in [0.05, 0.1) is 12.2 Å². The average Bonchev–Trinajstić information content (AvgIpc) is 2.34. The van der Waals surface area contributed by atoms with Crippen LogP contribution in [-0.4, -0.2) is 37.8 Å². The van der Waals surface area contributed by atoms with Crippen LogP contribution in [0.1, 0.15) is 35.8 Å². The van der Waals surface area contributed by atoms with Crippen molar-refractivity contribution in [3.05, 3.63) is 23.8 Å². The molecule has 1 aromatic heterocycles. The van der Waals surface area contributed by atoms with Crippen molar-refractivity contribution in [1.29, 1.82) is 0 Å². The predicted molar refractivity (Wildman–Crippen MR) is 62.9 cm³/mol. The largest absolute Gasteiger partial charge is 0.478 e. The minimum atomic E-state index is -1.18. The van der Waals surface area contributed by atoms with Crippen molar-refractivity contribution in [2.24, 2.45) is 5.92 Å². The van der Waals surface area contributed by atoms with Gasteiger partial charge >= 0.3 is 5.97 Å². The summed E-state index contributed by atoms with van der Waals surface area (Å²) in [6.45, 7) is 1.72. The summed E-state index contributed by atoms with van der Waals surface area (Å²) in [5.41, 5.74) is 0.0699. The van der Waals surface area contributed by atoms with Crippen LogP contribution < -0.4 is 0 Å². The molecule has 0 aromatic carbocycles. The average molecular weight is 263 g/mol. The van der Waals surface area contributed by atoms with Gasteiger partial charge in [-0.15, -0.1) is 0 Å². The molecule has 2 rings (SSSR count). The molecule has 1 aliphatic heterocycles. The summed E-state index contributed by atoms with van der Waals surface area (Å²) in [5, 5.41) is 9.00. The van der Waals surface area contributed by atoms with Gasteiger partial charge in [0.1, 0.15) is 11.9 Å². The van der Waals surface area contributed by atoms with Gasteiger partial charge in [0.15, 0.2) is 0 Å². The molecular weight excluding hydrogens is 250 g/mol. The zero-order chi connectivity index (χ0) is 14.0. The summed E-state index contributed by atoms with van der Waals surface area (Å²) in [5.74, 6) is -1.74. The molecule has 0 unspecified atom stereocenters. The van der Waals surface area contributed by atoms with Crippen molar-refractivity contribution in [1.82, 2.24) is 14.9 Å². The molecule has 0 aliphatic carbocycles. The number of carbonyl (C=O) groups is 3. The van der Waals surface area contributed by atoms with E-state index in [2.05, 4.69) is 9.97 Å². The lowest BCUT2D eigenvalue weighted by molar-refractivity contribution is -0.150. The number of aromatic carboxylic acids is 1. The van der Waals surface area contributed by atoms with Crippen LogP contribution >= 0.6 is 0 Å². The topological polar surface area (TPSA) is 100 Å². The Hall–Kier alpha value is -2.31. The number of carboxylic acids is 1. The molecule has 2 heterocycles. The van der Waals surface area contributed by atoms with Crippen molar-refractivity contribution < 1.29 is 19.5 Å². The van der Waals surface area contributed by atoms with Crippen molar-refractivity contribution in [3.63, 3.8) is 0 Å². The first kappa shape index (κ1) is 13.1. The number of hydrogen-bond acceptors (Lipinski definition) is 5. The Kier molecular flexibility index (Phi) is 3.55. The van der Waals surface area contributed by atoms with Crippen LogP contribution in [0.4, 0.5) is 0 Å². The Morgan fingerprint density at radius 1 is 1.42 bits per heavy atom. The zero-order valence-corrected chi connectivity index (χ0v) is 10.4. The van der Waals surface area contributed by atoms with Crippen LogP contribution in [0.5, 0.6) is 0 Å². The van der Waals surface area contributed by atoms with E-state index in [1.54, 1.807) is 0 Å². The van der Waals surface area contributed by atoms with Gasteiger partial charge in [0.25, 0.3) is 0 Å². The van der Waals surface area contributed by atoms with E-state index in [-0.39, 0.29) is 35.5 Å². The molecule has 1 aliphatic rings. The molecule has 7 heteroatoms. The van der Waals surface area contributed by atoms with E-state index in [0.717, 1.165) is 11.1 Å². The Balaban J connectivity index is 2.24. The Bertz CT molecular complexity index is 526. The normalized spacial score (nSPS) is 16.8. The summed E-state index contributed by atoms with van der Waals surface area (Å²) >= 11 is 0. The predicted octanol–water partition coefficient (Wildman–Crippen LogP) is 0.460. The summed E-state index contributed by atoms with van der Waals surface area (Å²) in [6, 6.07) is 0. The van der Waals surface area contributed by atoms with Gasteiger partial charge in [0.2, 0.25) is 11.8 Å². The Labute approximate surface area is 109 Å². The van der Waals surface area contributed by atoms with Crippen molar-refractivity contribution in [3.8, 4) is 0 Å². The van der Waals surface area contributed by atoms with Gasteiger partial charge < -0.3 is 5.11 Å². The maximum Gasteiger partial charge on any atom is 0.339 e. The van der Waals surface area contributed by atoms with E-state index in [1.807, 2.05) is 6.92 Å². The highest BCUT2D eigenvalue weighted by atomic mass is 16.4. The standard InChI is InChI=1S/C12H13N3O4/c1-7-2-10(16)15(11(17)3-7)5-9-8(12(18)19)4-13-6-14-9/h4,6-7H,2-3,5H2,1H3,(H,18,19). The second-order valence-electron chi connectivity index (χ2n) is 4.58. The molecule has 0 saturated carbocycles. The van der Waals surface area contributed by atoms with Crippen molar-refractivity contribution in [2.45, 2.75) is 26.3 Å². The van der Waals surface area contributed by atoms with Crippen LogP contribution in [0.3, 0.4) is 0 Å². The molecule has 0 bridgehead atoms. The monoisotopic (exact) mass is 263 g/mol. The van der Waals surface area contributed by atoms with Gasteiger partial charge in [-0.1, -0.05) is 6.92 Å². The van der Waals surface area contributed by atoms with E-state index in [0.29, 0.717) is 12.8 Å². The van der Waals surface area contributed by atoms with Gasteiger partial charge in [-0.2, -0.15) is 0 Å². The quantitative estimate of drug-likeness (QED) is 0.795. The summed E-state index contributed by atoms with van der Waals surface area (Å²) in [6.07, 6.45) is 2.94. The molecule has 1 N–H and O–H groups in total. The summed E-state index contributed by atoms with van der Waals surface area (Å²) in [7, 11) is 0. The van der Waals surface area contributed by atoms with Crippen molar-refractivity contribution in [2.75, 3.05) is 0 Å². The summed E-state index contributed by atoms with van der Waals surface area (Å²) < 4.78 is 0. The molecule has 2 amide bonds. The zero-order valence-electron chi connectivity index (χ0n) is 10.4. The fourth-order valence-electron chi connectivity index (χ4n) is 2.01. The first-order chi connectivity index (χ1) is 8.99. The number of carboxylic acid groups (broad SMARTS) is 1. The number of carbonyl (C=O) groups excluding carboxylic acids is 2. The van der Waals surface area contributed by atoms with Gasteiger partial charge in [0, 0.05) is 19.0 Å². The number of aromatic nitrogens is 2. The van der Waals surface area contributed by atoms with E-state index in [1.165, 1.54) is 6.33 Å². The molecule has 0 spiro atoms. The summed E-state index contributed by atoms with van der Waals surface area (Å²) in [4.78, 5) is 43.2. The van der Waals surface area contributed by atoms with Crippen LogP contribution in [0.25, 0.3) is 0 Å². The second kappa shape index (κ2) is 5.13. The fraction of sp³-hybridized carbons (Fsp3) is 0.417. The third-order valence-corrected chi connectivity index (χ3v) is 2.98. The molecule has 7 nitrogen and oxygen atoms in total. The first-order valence-electron chi connectivity index (χ1n) is 5.84. The molecule has 1 aromatic rings. The smallest absolute Gasteiger partial charge is 0.339 e. The van der Waals surface area contributed by atoms with Crippen LogP contribution in [0.15, 0.2) is 12.5 Å². The molecular formula is C12H13N3O4. The third-order valence-electron chi connectivity index (χ3n) is 2.98. The maximum absolute atomic E-state index is 11.8. The number of imide groups is 1. The van der Waals surface area contributed by atoms with Crippen molar-refractivity contribution >= 4 is 17.8 Å². The highest BCUT2D eigenvalue weighted by Gasteiger charge is 2.31. The highest BCUT2D eigenvalue weighted by Crippen LogP contribution is 2.21. The molecule has 0 atom stereocenters. The lowest BCUT2D eigenvalue weighted by Gasteiger charge is -2.28. The third kappa shape index (κ3) is 2.75. The lowest BCUT2D eigenvalue weighted by atomic mass is 9.97. The SMILES string of the molecule is CC1CC(=O)N(Cc2ncncc2C(=O)O)C(=O)C1. The lowest BCUT2D eigenvalue weighted by Crippen LogP contribution is -2.42. The minimum absolute atomic E-state index is 0.0283. The van der Waals surface area contributed by atoms with Crippen LogP contribution in [0, 0.1) is 5.92 Å². The number of nitrogens with zero attached hydrogens (tertiary/aromatic N) is 3. The molecule has 1 fully saturated rings. The number of rotatable bonds is 3. The number of hydrogen-bond donors (Lipinski definition) is 1. The van der Waals surface area contributed by atoms with Crippen LogP contribution in [0.2, 0.25) is 0 Å². The molecule has 100 valence electrons. The van der Waals surface area contributed by atoms with E-state index >= 15 is 0 Å². The number of piperidine rings is 1. The van der Waals surface area contributed by atoms with Gasteiger partial charge in [-0.3, -0.25) is 14.5 Å². The Morgan fingerprint density at radius 3 is 2.63 bits per heavy atom. The van der Waals surface area contributed by atoms with E-state index < -0.39 is 5.97 Å². The maximum atomic E-state index is 11.8. The number of amides is 2. The van der Waals surface area contributed by atoms with E-state index in [4.69, 9.17) is 5.11 Å². The van der Waals surface area contributed by atoms with E-state index in [9.17, 15) is 14.4 Å². The molecule has 19 heavy (non-hydrogen) atoms. The fourth-order valence-corrected chi connectivity index (χ4v) is 2.01. The highest BCUT2D eigenvalue weighted by molar-refractivity contribution is 5.98. The van der Waals surface area contributed by atoms with Crippen LogP contribution in [-0.2, 0) is 16.1 Å². The number of likely N-dealkylation sites (tertiary alicyclic amines) is 1. The van der Waals surface area contributed by atoms with Gasteiger partial charge in [-0.05, 0) is 5.92 Å².